The summed E-state index contributed by atoms with van der Waals surface area (Å²) in [7, 11) is 0. The molecular formula is C42H62N6O7S. The van der Waals surface area contributed by atoms with Gasteiger partial charge in [-0.2, -0.15) is 11.8 Å². The summed E-state index contributed by atoms with van der Waals surface area (Å²) in [6.07, 6.45) is 7.50. The Morgan fingerprint density at radius 2 is 1.48 bits per heavy atom. The number of nitrogens with one attached hydrogen (secondary N) is 6. The molecule has 0 aliphatic rings. The molecule has 0 fully saturated rings. The number of rotatable bonds is 24. The fourth-order valence-corrected chi connectivity index (χ4v) is 5.99. The van der Waals surface area contributed by atoms with Crippen LogP contribution in [-0.2, 0) is 30.5 Å². The molecule has 1 heterocycles. The first-order chi connectivity index (χ1) is 26.7. The number of H-pyrrole nitrogens is 1. The van der Waals surface area contributed by atoms with Gasteiger partial charge in [-0.3, -0.25) is 24.0 Å². The number of aromatic amines is 1. The molecule has 56 heavy (non-hydrogen) atoms. The lowest BCUT2D eigenvalue weighted by molar-refractivity contribution is -0.142. The molecule has 0 bridgehead atoms. The van der Waals surface area contributed by atoms with Crippen LogP contribution in [0.4, 0.5) is 0 Å². The number of benzene rings is 2. The molecule has 308 valence electrons. The number of carbonyl (C=O) groups is 6. The highest BCUT2D eigenvalue weighted by molar-refractivity contribution is 7.98. The van der Waals surface area contributed by atoms with Crippen LogP contribution in [0.15, 0.2) is 54.7 Å². The van der Waals surface area contributed by atoms with Crippen LogP contribution in [0, 0.1) is 12.8 Å². The number of aliphatic carboxylic acids is 1. The van der Waals surface area contributed by atoms with Crippen molar-refractivity contribution in [1.82, 2.24) is 31.6 Å². The highest BCUT2D eigenvalue weighted by Gasteiger charge is 2.24. The van der Waals surface area contributed by atoms with Gasteiger partial charge in [0.2, 0.25) is 17.7 Å². The molecule has 4 amide bonds. The summed E-state index contributed by atoms with van der Waals surface area (Å²) in [6.45, 7) is 10.5. The molecule has 14 heteroatoms. The van der Waals surface area contributed by atoms with Crippen molar-refractivity contribution < 1.29 is 33.9 Å². The van der Waals surface area contributed by atoms with Gasteiger partial charge in [-0.15, -0.1) is 0 Å². The average molecular weight is 795 g/mol. The Hall–Kier alpha value is -4.69. The van der Waals surface area contributed by atoms with Gasteiger partial charge in [-0.1, -0.05) is 58.0 Å². The van der Waals surface area contributed by atoms with Gasteiger partial charge in [-0.05, 0) is 86.8 Å². The number of Topliss-reactive ketones (excluding diaryl/α,β-unsaturated/α-hetero) is 1. The summed E-state index contributed by atoms with van der Waals surface area (Å²) >= 11 is 1.52. The molecule has 0 radical (unpaired) electrons. The topological polar surface area (TPSA) is 199 Å². The summed E-state index contributed by atoms with van der Waals surface area (Å²) < 4.78 is 0. The monoisotopic (exact) mass is 794 g/mol. The lowest BCUT2D eigenvalue weighted by Crippen LogP contribution is -2.51. The molecular weight excluding hydrogens is 733 g/mol. The minimum Gasteiger partial charge on any atom is -0.480 e. The number of aromatic nitrogens is 1. The van der Waals surface area contributed by atoms with Crippen molar-refractivity contribution in [3.8, 4) is 0 Å². The zero-order chi connectivity index (χ0) is 41.5. The van der Waals surface area contributed by atoms with E-state index in [1.165, 1.54) is 28.2 Å². The molecule has 2 atom stereocenters. The zero-order valence-electron chi connectivity index (χ0n) is 33.8. The zero-order valence-corrected chi connectivity index (χ0v) is 34.6. The second kappa shape index (κ2) is 26.2. The molecule has 2 unspecified atom stereocenters. The van der Waals surface area contributed by atoms with Gasteiger partial charge in [0.05, 0.1) is 6.54 Å². The van der Waals surface area contributed by atoms with E-state index in [9.17, 15) is 33.9 Å². The molecule has 2 aromatic carbocycles. The van der Waals surface area contributed by atoms with Crippen molar-refractivity contribution in [3.63, 3.8) is 0 Å². The molecule has 3 rings (SSSR count). The van der Waals surface area contributed by atoms with Crippen LogP contribution in [0.2, 0.25) is 0 Å². The van der Waals surface area contributed by atoms with E-state index >= 15 is 0 Å². The maximum atomic E-state index is 12.9. The molecule has 1 aromatic heterocycles. The first kappa shape index (κ1) is 47.5. The van der Waals surface area contributed by atoms with Crippen LogP contribution >= 0.6 is 11.8 Å². The average Bonchev–Trinajstić information content (AvgIpc) is 3.56. The Bertz CT molecular complexity index is 1690. The van der Waals surface area contributed by atoms with Gasteiger partial charge in [0.25, 0.3) is 5.91 Å². The second-order valence-electron chi connectivity index (χ2n) is 14.4. The maximum Gasteiger partial charge on any atom is 0.326 e. The highest BCUT2D eigenvalue weighted by Crippen LogP contribution is 2.15. The largest absolute Gasteiger partial charge is 0.480 e. The number of carboxylic acid groups (broad SMARTS) is 1. The van der Waals surface area contributed by atoms with Crippen LogP contribution in [0.3, 0.4) is 0 Å². The molecule has 0 aliphatic carbocycles. The molecule has 0 saturated heterocycles. The number of carboxylic acids is 1. The Morgan fingerprint density at radius 1 is 0.786 bits per heavy atom. The number of unbranched alkanes of at least 4 members (excludes halogenated alkanes) is 2. The number of hydrogen-bond donors (Lipinski definition) is 7. The van der Waals surface area contributed by atoms with Crippen LogP contribution in [0.25, 0.3) is 10.9 Å². The number of thioether (sulfide) groups is 1. The van der Waals surface area contributed by atoms with Crippen molar-refractivity contribution in [2.24, 2.45) is 5.92 Å². The number of hydrogen-bond acceptors (Lipinski definition) is 8. The first-order valence-corrected chi connectivity index (χ1v) is 20.8. The molecule has 7 N–H and O–H groups in total. The van der Waals surface area contributed by atoms with E-state index in [0.29, 0.717) is 75.4 Å². The van der Waals surface area contributed by atoms with Gasteiger partial charge in [0.15, 0.2) is 0 Å². The SMILES string of the molecule is CSCCC(NC(=O)c1ccc(CNC(C)C)cc1)C(=O)NCC(=O)NC(CCCCNC(=O)CCCCC(=O)C(C)C)C(=O)O.Cc1c[nH]c2ccccc12. The summed E-state index contributed by atoms with van der Waals surface area (Å²) in [4.78, 5) is 76.7. The molecule has 0 aliphatic heterocycles. The number of amides is 4. The van der Waals surface area contributed by atoms with Gasteiger partial charge >= 0.3 is 5.97 Å². The van der Waals surface area contributed by atoms with E-state index in [0.717, 1.165) is 5.56 Å². The fraction of sp³-hybridized carbons (Fsp3) is 0.524. The molecule has 3 aromatic rings. The summed E-state index contributed by atoms with van der Waals surface area (Å²) in [5.41, 5.74) is 3.97. The van der Waals surface area contributed by atoms with Crippen molar-refractivity contribution >= 4 is 58.0 Å². The predicted octanol–water partition coefficient (Wildman–Crippen LogP) is 5.27. The number of para-hydroxylation sites is 1. The Morgan fingerprint density at radius 3 is 2.12 bits per heavy atom. The second-order valence-corrected chi connectivity index (χ2v) is 15.4. The summed E-state index contributed by atoms with van der Waals surface area (Å²) in [5, 5.41) is 24.7. The number of carbonyl (C=O) groups excluding carboxylic acids is 5. The minimum absolute atomic E-state index is 0.000405. The molecule has 13 nitrogen and oxygen atoms in total. The standard InChI is InChI=1S/C33H53N5O7S.C9H9N/c1-22(2)28(39)11-6-7-12-29(40)34-18-9-8-10-27(33(44)45)37-30(41)21-36-32(43)26(17-19-46-5)38-31(42)25-15-13-24(14-16-25)20-35-23(3)4;1-7-6-10-9-5-3-2-4-8(7)9/h13-16,22-23,26-27,35H,6-12,17-21H2,1-5H3,(H,34,40)(H,36,43)(H,37,41)(H,38,42)(H,44,45);2-6,10H,1H3. The number of ketones is 1. The van der Waals surface area contributed by atoms with Crippen molar-refractivity contribution in [2.45, 2.75) is 111 Å². The Balaban J connectivity index is 0.000000919. The Kier molecular flexibility index (Phi) is 22.2. The highest BCUT2D eigenvalue weighted by atomic mass is 32.2. The lowest BCUT2D eigenvalue weighted by atomic mass is 10.0. The van der Waals surface area contributed by atoms with Gasteiger partial charge in [-0.25, -0.2) is 4.79 Å². The van der Waals surface area contributed by atoms with Crippen LogP contribution < -0.4 is 26.6 Å². The third-order valence-corrected chi connectivity index (χ3v) is 9.62. The summed E-state index contributed by atoms with van der Waals surface area (Å²) in [5.74, 6) is -2.13. The minimum atomic E-state index is -1.20. The van der Waals surface area contributed by atoms with Gasteiger partial charge in [0, 0.05) is 60.6 Å². The third-order valence-electron chi connectivity index (χ3n) is 8.98. The van der Waals surface area contributed by atoms with E-state index in [1.807, 2.05) is 58.3 Å². The first-order valence-electron chi connectivity index (χ1n) is 19.5. The smallest absolute Gasteiger partial charge is 0.326 e. The van der Waals surface area contributed by atoms with Crippen LogP contribution in [0.1, 0.15) is 101 Å². The van der Waals surface area contributed by atoms with Gasteiger partial charge in [0.1, 0.15) is 17.9 Å². The van der Waals surface area contributed by atoms with Crippen LogP contribution in [-0.4, -0.2) is 88.7 Å². The third kappa shape index (κ3) is 18.8. The predicted molar refractivity (Wildman–Crippen MR) is 223 cm³/mol. The maximum absolute atomic E-state index is 12.9. The van der Waals surface area contributed by atoms with Crippen LogP contribution in [0.5, 0.6) is 0 Å². The van der Waals surface area contributed by atoms with E-state index in [4.69, 9.17) is 0 Å². The van der Waals surface area contributed by atoms with E-state index in [1.54, 1.807) is 12.1 Å². The summed E-state index contributed by atoms with van der Waals surface area (Å²) in [6, 6.07) is 13.7. The Labute approximate surface area is 335 Å². The number of aryl methyl sites for hydroxylation is 1. The van der Waals surface area contributed by atoms with E-state index < -0.39 is 42.3 Å². The van der Waals surface area contributed by atoms with Gasteiger partial charge < -0.3 is 36.7 Å². The van der Waals surface area contributed by atoms with Crippen molar-refractivity contribution in [2.75, 3.05) is 25.1 Å². The number of fused-ring (bicyclic) bond motifs is 1. The van der Waals surface area contributed by atoms with Crippen molar-refractivity contribution in [3.05, 3.63) is 71.4 Å². The fourth-order valence-electron chi connectivity index (χ4n) is 5.52. The lowest BCUT2D eigenvalue weighted by Gasteiger charge is -2.19. The normalized spacial score (nSPS) is 12.0. The quantitative estimate of drug-likeness (QED) is 0.0591. The molecule has 0 spiro atoms. The van der Waals surface area contributed by atoms with E-state index in [2.05, 4.69) is 56.7 Å². The van der Waals surface area contributed by atoms with Crippen molar-refractivity contribution in [1.29, 1.82) is 0 Å². The molecule has 0 saturated carbocycles. The van der Waals surface area contributed by atoms with E-state index in [-0.39, 0.29) is 24.0 Å².